The molecule has 2 heterocycles. The van der Waals surface area contributed by atoms with Gasteiger partial charge in [0.25, 0.3) is 5.56 Å². The second-order valence-electron chi connectivity index (χ2n) is 6.09. The van der Waals surface area contributed by atoms with Crippen molar-refractivity contribution >= 4 is 28.3 Å². The lowest BCUT2D eigenvalue weighted by molar-refractivity contribution is 0.627. The van der Waals surface area contributed by atoms with Crippen LogP contribution in [0, 0.1) is 5.82 Å². The molecule has 4 rings (SSSR count). The normalized spacial score (nSPS) is 11.0. The number of rotatable bonds is 5. The summed E-state index contributed by atoms with van der Waals surface area (Å²) in [5.41, 5.74) is 2.41. The van der Waals surface area contributed by atoms with Crippen LogP contribution in [-0.4, -0.2) is 21.1 Å². The number of aromatic amines is 1. The van der Waals surface area contributed by atoms with Crippen molar-refractivity contribution in [1.82, 2.24) is 14.5 Å². The van der Waals surface area contributed by atoms with Crippen LogP contribution in [0.25, 0.3) is 16.6 Å². The second-order valence-corrected chi connectivity index (χ2v) is 6.49. The van der Waals surface area contributed by atoms with Gasteiger partial charge in [0.2, 0.25) is 0 Å². The molecule has 0 aliphatic heterocycles. The van der Waals surface area contributed by atoms with Crippen LogP contribution in [0.2, 0.25) is 5.02 Å². The van der Waals surface area contributed by atoms with Gasteiger partial charge in [-0.3, -0.25) is 9.36 Å². The Bertz CT molecular complexity index is 1170. The summed E-state index contributed by atoms with van der Waals surface area (Å²) in [6.07, 6.45) is 5.76. The zero-order chi connectivity index (χ0) is 18.8. The van der Waals surface area contributed by atoms with E-state index in [-0.39, 0.29) is 16.4 Å². The summed E-state index contributed by atoms with van der Waals surface area (Å²) in [7, 11) is 0. The van der Waals surface area contributed by atoms with Gasteiger partial charge in [0.15, 0.2) is 5.82 Å². The highest BCUT2D eigenvalue weighted by molar-refractivity contribution is 6.30. The zero-order valence-corrected chi connectivity index (χ0v) is 15.0. The van der Waals surface area contributed by atoms with Gasteiger partial charge in [-0.25, -0.2) is 9.37 Å². The molecule has 0 fully saturated rings. The molecule has 2 aromatic heterocycles. The first-order valence-corrected chi connectivity index (χ1v) is 8.83. The summed E-state index contributed by atoms with van der Waals surface area (Å²) < 4.78 is 14.7. The van der Waals surface area contributed by atoms with E-state index in [2.05, 4.69) is 21.4 Å². The summed E-state index contributed by atoms with van der Waals surface area (Å²) in [6, 6.07) is 12.2. The zero-order valence-electron chi connectivity index (χ0n) is 14.2. The molecule has 0 bridgehead atoms. The Balaban J connectivity index is 1.53. The third kappa shape index (κ3) is 3.44. The molecule has 136 valence electrons. The van der Waals surface area contributed by atoms with Gasteiger partial charge in [-0.05, 0) is 36.2 Å². The second kappa shape index (κ2) is 7.25. The highest BCUT2D eigenvalue weighted by Crippen LogP contribution is 2.19. The van der Waals surface area contributed by atoms with Crippen molar-refractivity contribution in [1.29, 1.82) is 0 Å². The van der Waals surface area contributed by atoms with E-state index in [1.807, 2.05) is 24.4 Å². The number of hydrogen-bond donors (Lipinski definition) is 2. The van der Waals surface area contributed by atoms with E-state index in [1.165, 1.54) is 46.1 Å². The molecule has 0 saturated heterocycles. The first-order chi connectivity index (χ1) is 13.1. The van der Waals surface area contributed by atoms with Crippen LogP contribution in [0.4, 0.5) is 10.2 Å². The Labute approximate surface area is 159 Å². The Morgan fingerprint density at radius 3 is 2.93 bits per heavy atom. The summed E-state index contributed by atoms with van der Waals surface area (Å²) >= 11 is 5.82. The lowest BCUT2D eigenvalue weighted by atomic mass is 10.1. The molecule has 0 aliphatic rings. The summed E-state index contributed by atoms with van der Waals surface area (Å²) in [5, 5.41) is 4.22. The minimum Gasteiger partial charge on any atom is -0.365 e. The van der Waals surface area contributed by atoms with Gasteiger partial charge in [-0.15, -0.1) is 0 Å². The molecule has 4 aromatic rings. The van der Waals surface area contributed by atoms with Gasteiger partial charge in [-0.2, -0.15) is 0 Å². The van der Waals surface area contributed by atoms with Crippen LogP contribution < -0.4 is 10.9 Å². The summed E-state index contributed by atoms with van der Waals surface area (Å²) in [5.74, 6) is -0.294. The van der Waals surface area contributed by atoms with Crippen LogP contribution in [-0.2, 0) is 6.42 Å². The van der Waals surface area contributed by atoms with E-state index in [9.17, 15) is 9.18 Å². The van der Waals surface area contributed by atoms with Gasteiger partial charge in [0.05, 0.1) is 10.7 Å². The highest BCUT2D eigenvalue weighted by atomic mass is 35.5. The van der Waals surface area contributed by atoms with E-state index in [0.29, 0.717) is 12.2 Å². The molecule has 2 aromatic carbocycles. The number of H-pyrrole nitrogens is 1. The topological polar surface area (TPSA) is 62.7 Å². The summed E-state index contributed by atoms with van der Waals surface area (Å²) in [4.78, 5) is 20.0. The van der Waals surface area contributed by atoms with Gasteiger partial charge in [-0.1, -0.05) is 29.8 Å². The molecule has 0 spiro atoms. The van der Waals surface area contributed by atoms with Crippen molar-refractivity contribution in [2.45, 2.75) is 6.42 Å². The number of para-hydroxylation sites is 1. The van der Waals surface area contributed by atoms with Gasteiger partial charge < -0.3 is 10.3 Å². The maximum atomic E-state index is 13.4. The number of fused-ring (bicyclic) bond motifs is 1. The fourth-order valence-corrected chi connectivity index (χ4v) is 3.20. The number of benzene rings is 2. The van der Waals surface area contributed by atoms with Crippen molar-refractivity contribution in [3.05, 3.63) is 87.8 Å². The first-order valence-electron chi connectivity index (χ1n) is 8.45. The fourth-order valence-electron chi connectivity index (χ4n) is 3.03. The maximum absolute atomic E-state index is 13.4. The molecule has 7 heteroatoms. The Hall–Kier alpha value is -3.12. The molecule has 0 radical (unpaired) electrons. The third-order valence-electron chi connectivity index (χ3n) is 4.38. The van der Waals surface area contributed by atoms with Gasteiger partial charge in [0, 0.05) is 36.0 Å². The smallest absolute Gasteiger partial charge is 0.297 e. The minimum atomic E-state index is -0.528. The predicted molar refractivity (Wildman–Crippen MR) is 105 cm³/mol. The number of halogens is 2. The van der Waals surface area contributed by atoms with Crippen molar-refractivity contribution in [3.63, 3.8) is 0 Å². The van der Waals surface area contributed by atoms with Crippen molar-refractivity contribution in [2.24, 2.45) is 0 Å². The van der Waals surface area contributed by atoms with E-state index < -0.39 is 5.82 Å². The molecule has 0 aliphatic carbocycles. The number of nitrogens with zero attached hydrogens (tertiary/aromatic N) is 2. The highest BCUT2D eigenvalue weighted by Gasteiger charge is 2.09. The van der Waals surface area contributed by atoms with Crippen molar-refractivity contribution in [3.8, 4) is 5.69 Å². The molecule has 0 amide bonds. The van der Waals surface area contributed by atoms with E-state index >= 15 is 0 Å². The molecule has 27 heavy (non-hydrogen) atoms. The molecule has 0 saturated carbocycles. The predicted octanol–water partition coefficient (Wildman–Crippen LogP) is 4.16. The Kier molecular flexibility index (Phi) is 4.64. The van der Waals surface area contributed by atoms with Gasteiger partial charge in [0.1, 0.15) is 5.82 Å². The fraction of sp³-hybridized carbons (Fsp3) is 0.100. The maximum Gasteiger partial charge on any atom is 0.297 e. The van der Waals surface area contributed by atoms with Crippen LogP contribution >= 0.6 is 11.6 Å². The third-order valence-corrected chi connectivity index (χ3v) is 4.67. The summed E-state index contributed by atoms with van der Waals surface area (Å²) in [6.45, 7) is 0.554. The molecular weight excluding hydrogens is 367 g/mol. The lowest BCUT2D eigenvalue weighted by Gasteiger charge is -2.09. The number of hydrogen-bond acceptors (Lipinski definition) is 3. The number of anilines is 1. The SMILES string of the molecule is O=c1c(NCCc2c[nH]c3ccccc23)nccn1-c1ccc(F)c(Cl)c1. The van der Waals surface area contributed by atoms with Crippen molar-refractivity contribution in [2.75, 3.05) is 11.9 Å². The monoisotopic (exact) mass is 382 g/mol. The van der Waals surface area contributed by atoms with E-state index in [4.69, 9.17) is 11.6 Å². The van der Waals surface area contributed by atoms with Crippen LogP contribution in [0.15, 0.2) is 65.8 Å². The van der Waals surface area contributed by atoms with Crippen LogP contribution in [0.1, 0.15) is 5.56 Å². The van der Waals surface area contributed by atoms with Crippen molar-refractivity contribution < 1.29 is 4.39 Å². The molecule has 2 N–H and O–H groups in total. The lowest BCUT2D eigenvalue weighted by Crippen LogP contribution is -2.24. The van der Waals surface area contributed by atoms with Crippen LogP contribution in [0.5, 0.6) is 0 Å². The largest absolute Gasteiger partial charge is 0.365 e. The van der Waals surface area contributed by atoms with Crippen LogP contribution in [0.3, 0.4) is 0 Å². The standard InChI is InChI=1S/C20H16ClFN4O/c21-16-11-14(5-6-17(16)22)26-10-9-24-19(20(26)27)23-8-7-13-12-25-18-4-2-1-3-15(13)18/h1-6,9-12,25H,7-8H2,(H,23,24). The number of nitrogens with one attached hydrogen (secondary N) is 2. The van der Waals surface area contributed by atoms with Gasteiger partial charge >= 0.3 is 0 Å². The minimum absolute atomic E-state index is 0.0370. The molecule has 0 unspecified atom stereocenters. The van der Waals surface area contributed by atoms with E-state index in [1.54, 1.807) is 0 Å². The Morgan fingerprint density at radius 2 is 2.07 bits per heavy atom. The average Bonchev–Trinajstić information content (AvgIpc) is 3.09. The average molecular weight is 383 g/mol. The number of aromatic nitrogens is 3. The molecular formula is C20H16ClFN4O. The first kappa shape index (κ1) is 17.3. The van der Waals surface area contributed by atoms with E-state index in [0.717, 1.165) is 11.9 Å². The Morgan fingerprint density at radius 1 is 1.22 bits per heavy atom. The molecule has 5 nitrogen and oxygen atoms in total. The molecule has 0 atom stereocenters. The quantitative estimate of drug-likeness (QED) is 0.544.